The van der Waals surface area contributed by atoms with E-state index in [1.807, 2.05) is 6.07 Å². The Kier molecular flexibility index (Phi) is 3.04. The highest BCUT2D eigenvalue weighted by molar-refractivity contribution is 9.11. The first-order chi connectivity index (χ1) is 4.61. The molecule has 1 aromatic carbocycles. The van der Waals surface area contributed by atoms with Gasteiger partial charge in [0.15, 0.2) is 0 Å². The average Bonchev–Trinajstić information content (AvgIpc) is 1.82. The van der Waals surface area contributed by atoms with Gasteiger partial charge in [-0.1, -0.05) is 39.1 Å². The highest BCUT2D eigenvalue weighted by Crippen LogP contribution is 2.33. The van der Waals surface area contributed by atoms with E-state index in [4.69, 9.17) is 23.2 Å². The molecular weight excluding hydrogens is 303 g/mol. The SMILES string of the molecule is Clc1cc(Br)cc(Br)c1Cl. The van der Waals surface area contributed by atoms with Crippen molar-refractivity contribution in [1.29, 1.82) is 0 Å². The second kappa shape index (κ2) is 3.44. The molecule has 0 atom stereocenters. The van der Waals surface area contributed by atoms with Gasteiger partial charge in [-0.2, -0.15) is 0 Å². The lowest BCUT2D eigenvalue weighted by molar-refractivity contribution is 1.60. The van der Waals surface area contributed by atoms with Crippen LogP contribution in [0, 0.1) is 0 Å². The van der Waals surface area contributed by atoms with E-state index in [1.54, 1.807) is 6.07 Å². The summed E-state index contributed by atoms with van der Waals surface area (Å²) in [6.45, 7) is 0. The van der Waals surface area contributed by atoms with Gasteiger partial charge in [-0.25, -0.2) is 0 Å². The normalized spacial score (nSPS) is 10.0. The third-order valence-electron chi connectivity index (χ3n) is 0.949. The number of hydrogen-bond acceptors (Lipinski definition) is 0. The van der Waals surface area contributed by atoms with Gasteiger partial charge in [0.05, 0.1) is 10.0 Å². The molecule has 0 aromatic heterocycles. The molecule has 1 rings (SSSR count). The van der Waals surface area contributed by atoms with Crippen molar-refractivity contribution in [3.63, 3.8) is 0 Å². The van der Waals surface area contributed by atoms with E-state index in [-0.39, 0.29) is 0 Å². The Morgan fingerprint density at radius 2 is 1.70 bits per heavy atom. The fraction of sp³-hybridized carbons (Fsp3) is 0. The van der Waals surface area contributed by atoms with Crippen LogP contribution in [-0.4, -0.2) is 0 Å². The third kappa shape index (κ3) is 1.88. The molecule has 0 heterocycles. The topological polar surface area (TPSA) is 0 Å². The van der Waals surface area contributed by atoms with Gasteiger partial charge in [0.25, 0.3) is 0 Å². The summed E-state index contributed by atoms with van der Waals surface area (Å²) in [7, 11) is 0. The van der Waals surface area contributed by atoms with Crippen LogP contribution in [0.15, 0.2) is 21.1 Å². The summed E-state index contributed by atoms with van der Waals surface area (Å²) in [5.41, 5.74) is 0. The van der Waals surface area contributed by atoms with E-state index in [0.29, 0.717) is 10.0 Å². The number of hydrogen-bond donors (Lipinski definition) is 0. The molecule has 54 valence electrons. The fourth-order valence-electron chi connectivity index (χ4n) is 0.525. The zero-order valence-electron chi connectivity index (χ0n) is 4.67. The summed E-state index contributed by atoms with van der Waals surface area (Å²) >= 11 is 18.0. The molecule has 0 saturated carbocycles. The van der Waals surface area contributed by atoms with Gasteiger partial charge >= 0.3 is 0 Å². The zero-order valence-corrected chi connectivity index (χ0v) is 9.35. The van der Waals surface area contributed by atoms with Crippen molar-refractivity contribution in [2.45, 2.75) is 0 Å². The Morgan fingerprint density at radius 3 is 2.20 bits per heavy atom. The van der Waals surface area contributed by atoms with Crippen LogP contribution in [0.25, 0.3) is 0 Å². The molecule has 10 heavy (non-hydrogen) atoms. The first-order valence-corrected chi connectivity index (χ1v) is 4.75. The molecule has 0 bridgehead atoms. The number of halogens is 4. The highest BCUT2D eigenvalue weighted by atomic mass is 79.9. The second-order valence-corrected chi connectivity index (χ2v) is 4.24. The summed E-state index contributed by atoms with van der Waals surface area (Å²) < 4.78 is 1.71. The molecule has 0 N–H and O–H groups in total. The molecule has 4 heteroatoms. The monoisotopic (exact) mass is 302 g/mol. The first-order valence-electron chi connectivity index (χ1n) is 2.41. The predicted octanol–water partition coefficient (Wildman–Crippen LogP) is 4.52. The van der Waals surface area contributed by atoms with Crippen molar-refractivity contribution >= 4 is 55.1 Å². The standard InChI is InChI=1S/C6H2Br2Cl2/c7-3-1-4(8)6(10)5(9)2-3/h1-2H. The van der Waals surface area contributed by atoms with Crippen molar-refractivity contribution in [2.24, 2.45) is 0 Å². The van der Waals surface area contributed by atoms with Crippen molar-refractivity contribution in [2.75, 3.05) is 0 Å². The van der Waals surface area contributed by atoms with Crippen LogP contribution in [0.5, 0.6) is 0 Å². The van der Waals surface area contributed by atoms with Crippen molar-refractivity contribution < 1.29 is 0 Å². The Bertz CT molecular complexity index is 237. The average molecular weight is 305 g/mol. The van der Waals surface area contributed by atoms with Crippen LogP contribution < -0.4 is 0 Å². The number of benzene rings is 1. The fourth-order valence-corrected chi connectivity index (χ4v) is 2.32. The van der Waals surface area contributed by atoms with E-state index < -0.39 is 0 Å². The second-order valence-electron chi connectivity index (χ2n) is 1.68. The maximum absolute atomic E-state index is 5.75. The van der Waals surface area contributed by atoms with Gasteiger partial charge in [-0.3, -0.25) is 0 Å². The molecule has 0 aliphatic carbocycles. The van der Waals surface area contributed by atoms with Crippen LogP contribution in [0.4, 0.5) is 0 Å². The van der Waals surface area contributed by atoms with E-state index in [0.717, 1.165) is 8.95 Å². The van der Waals surface area contributed by atoms with Crippen LogP contribution in [0.1, 0.15) is 0 Å². The van der Waals surface area contributed by atoms with E-state index in [1.165, 1.54) is 0 Å². The molecule has 0 nitrogen and oxygen atoms in total. The Hall–Kier alpha value is 0.760. The Morgan fingerprint density at radius 1 is 1.10 bits per heavy atom. The minimum absolute atomic E-state index is 0.544. The van der Waals surface area contributed by atoms with Gasteiger partial charge < -0.3 is 0 Å². The quantitative estimate of drug-likeness (QED) is 0.488. The van der Waals surface area contributed by atoms with Gasteiger partial charge in [0.2, 0.25) is 0 Å². The van der Waals surface area contributed by atoms with Gasteiger partial charge in [-0.05, 0) is 28.1 Å². The summed E-state index contributed by atoms with van der Waals surface area (Å²) in [4.78, 5) is 0. The molecule has 0 radical (unpaired) electrons. The van der Waals surface area contributed by atoms with E-state index in [9.17, 15) is 0 Å². The van der Waals surface area contributed by atoms with Crippen molar-refractivity contribution in [3.05, 3.63) is 31.1 Å². The van der Waals surface area contributed by atoms with Crippen LogP contribution in [0.3, 0.4) is 0 Å². The largest absolute Gasteiger partial charge is 0.0826 e. The summed E-state index contributed by atoms with van der Waals surface area (Å²) in [6, 6.07) is 3.59. The molecule has 1 aromatic rings. The molecule has 0 saturated heterocycles. The van der Waals surface area contributed by atoms with E-state index in [2.05, 4.69) is 31.9 Å². The summed E-state index contributed by atoms with van der Waals surface area (Å²) in [5, 5.41) is 1.09. The molecular formula is C6H2Br2Cl2. The smallest absolute Gasteiger partial charge is 0.0735 e. The number of rotatable bonds is 0. The van der Waals surface area contributed by atoms with Crippen molar-refractivity contribution in [1.82, 2.24) is 0 Å². The lowest BCUT2D eigenvalue weighted by atomic mass is 10.4. The van der Waals surface area contributed by atoms with E-state index >= 15 is 0 Å². The highest BCUT2D eigenvalue weighted by Gasteiger charge is 2.02. The third-order valence-corrected chi connectivity index (χ3v) is 3.06. The molecule has 0 aliphatic rings. The van der Waals surface area contributed by atoms with Gasteiger partial charge in [-0.15, -0.1) is 0 Å². The van der Waals surface area contributed by atoms with Crippen LogP contribution in [0.2, 0.25) is 10.0 Å². The maximum atomic E-state index is 5.75. The Labute approximate surface area is 85.8 Å². The van der Waals surface area contributed by atoms with Crippen molar-refractivity contribution in [3.8, 4) is 0 Å². The molecule has 0 unspecified atom stereocenters. The van der Waals surface area contributed by atoms with Gasteiger partial charge in [0, 0.05) is 8.95 Å². The molecule has 0 amide bonds. The summed E-state index contributed by atoms with van der Waals surface area (Å²) in [5.74, 6) is 0. The zero-order chi connectivity index (χ0) is 7.72. The molecule has 0 spiro atoms. The summed E-state index contributed by atoms with van der Waals surface area (Å²) in [6.07, 6.45) is 0. The van der Waals surface area contributed by atoms with Crippen LogP contribution in [-0.2, 0) is 0 Å². The Balaban J connectivity index is 3.31. The minimum atomic E-state index is 0.544. The molecule has 0 aliphatic heterocycles. The molecule has 0 fully saturated rings. The lowest BCUT2D eigenvalue weighted by Gasteiger charge is -1.98. The maximum Gasteiger partial charge on any atom is 0.0735 e. The predicted molar refractivity (Wildman–Crippen MR) is 51.9 cm³/mol. The van der Waals surface area contributed by atoms with Gasteiger partial charge in [0.1, 0.15) is 0 Å². The first kappa shape index (κ1) is 8.85. The lowest BCUT2D eigenvalue weighted by Crippen LogP contribution is -1.71. The minimum Gasteiger partial charge on any atom is -0.0826 e. The van der Waals surface area contributed by atoms with Crippen LogP contribution >= 0.6 is 55.1 Å².